The summed E-state index contributed by atoms with van der Waals surface area (Å²) in [5.41, 5.74) is 2.27. The number of hydrogen-bond donors (Lipinski definition) is 3. The van der Waals surface area contributed by atoms with Gasteiger partial charge in [0.1, 0.15) is 0 Å². The SMILES string of the molecule is Cc1c(Cl)cccc1NC(=S)Nc1ccc(S(=O)(=O)Nc2ccc(Cl)nn2)cc1. The minimum absolute atomic E-state index is 0.0596. The second kappa shape index (κ2) is 8.91. The van der Waals surface area contributed by atoms with Crippen LogP contribution in [0.1, 0.15) is 5.56 Å². The summed E-state index contributed by atoms with van der Waals surface area (Å²) >= 11 is 17.1. The molecule has 0 aliphatic rings. The highest BCUT2D eigenvalue weighted by molar-refractivity contribution is 7.92. The summed E-state index contributed by atoms with van der Waals surface area (Å²) in [5.74, 6) is 0.0684. The van der Waals surface area contributed by atoms with Crippen LogP contribution in [0.25, 0.3) is 0 Å². The first-order valence-corrected chi connectivity index (χ1v) is 10.8. The number of benzene rings is 2. The summed E-state index contributed by atoms with van der Waals surface area (Å²) < 4.78 is 27.2. The zero-order valence-electron chi connectivity index (χ0n) is 15.0. The Morgan fingerprint density at radius 1 is 0.966 bits per heavy atom. The number of halogens is 2. The Morgan fingerprint density at radius 3 is 2.34 bits per heavy atom. The topological polar surface area (TPSA) is 96.0 Å². The maximum absolute atomic E-state index is 12.4. The molecule has 0 bridgehead atoms. The van der Waals surface area contributed by atoms with Gasteiger partial charge in [0, 0.05) is 16.4 Å². The summed E-state index contributed by atoms with van der Waals surface area (Å²) in [6.07, 6.45) is 0. The minimum Gasteiger partial charge on any atom is -0.332 e. The minimum atomic E-state index is -3.82. The van der Waals surface area contributed by atoms with E-state index in [-0.39, 0.29) is 15.9 Å². The molecule has 0 atom stereocenters. The number of thiocarbonyl (C=S) groups is 1. The Bertz CT molecular complexity index is 1140. The van der Waals surface area contributed by atoms with E-state index in [1.165, 1.54) is 24.3 Å². The number of nitrogens with one attached hydrogen (secondary N) is 3. The quantitative estimate of drug-likeness (QED) is 0.467. The number of anilines is 3. The van der Waals surface area contributed by atoms with Gasteiger partial charge in [-0.3, -0.25) is 4.72 Å². The van der Waals surface area contributed by atoms with Gasteiger partial charge in [0.2, 0.25) is 0 Å². The van der Waals surface area contributed by atoms with Crippen LogP contribution >= 0.6 is 35.4 Å². The Hall–Kier alpha value is -2.46. The predicted octanol–water partition coefficient (Wildman–Crippen LogP) is 4.70. The number of sulfonamides is 1. The average molecular weight is 468 g/mol. The molecular weight excluding hydrogens is 453 g/mol. The highest BCUT2D eigenvalue weighted by atomic mass is 35.5. The van der Waals surface area contributed by atoms with Gasteiger partial charge < -0.3 is 10.6 Å². The zero-order chi connectivity index (χ0) is 21.0. The van der Waals surface area contributed by atoms with Gasteiger partial charge in [0.25, 0.3) is 10.0 Å². The fourth-order valence-electron chi connectivity index (χ4n) is 2.31. The van der Waals surface area contributed by atoms with Crippen molar-refractivity contribution in [3.63, 3.8) is 0 Å². The van der Waals surface area contributed by atoms with E-state index < -0.39 is 10.0 Å². The van der Waals surface area contributed by atoms with E-state index >= 15 is 0 Å². The van der Waals surface area contributed by atoms with Gasteiger partial charge in [-0.25, -0.2) is 8.42 Å². The zero-order valence-corrected chi connectivity index (χ0v) is 18.1. The first-order valence-electron chi connectivity index (χ1n) is 8.20. The summed E-state index contributed by atoms with van der Waals surface area (Å²) in [5, 5.41) is 14.5. The molecule has 0 saturated carbocycles. The highest BCUT2D eigenvalue weighted by Crippen LogP contribution is 2.23. The van der Waals surface area contributed by atoms with Crippen molar-refractivity contribution in [2.24, 2.45) is 0 Å². The van der Waals surface area contributed by atoms with Crippen molar-refractivity contribution in [3.05, 3.63) is 70.3 Å². The van der Waals surface area contributed by atoms with Gasteiger partial charge in [-0.2, -0.15) is 0 Å². The molecule has 0 saturated heterocycles. The Morgan fingerprint density at radius 2 is 1.69 bits per heavy atom. The Kier molecular flexibility index (Phi) is 6.53. The van der Waals surface area contributed by atoms with E-state index in [4.69, 9.17) is 35.4 Å². The molecule has 7 nitrogen and oxygen atoms in total. The van der Waals surface area contributed by atoms with Crippen molar-refractivity contribution in [1.82, 2.24) is 10.2 Å². The van der Waals surface area contributed by atoms with Gasteiger partial charge in [0.15, 0.2) is 16.1 Å². The van der Waals surface area contributed by atoms with Crippen LogP contribution in [-0.4, -0.2) is 23.7 Å². The number of hydrogen-bond acceptors (Lipinski definition) is 5. The second-order valence-electron chi connectivity index (χ2n) is 5.86. The highest BCUT2D eigenvalue weighted by Gasteiger charge is 2.15. The monoisotopic (exact) mass is 467 g/mol. The van der Waals surface area contributed by atoms with Crippen LogP contribution in [-0.2, 0) is 10.0 Å². The molecule has 150 valence electrons. The van der Waals surface area contributed by atoms with Crippen molar-refractivity contribution in [2.45, 2.75) is 11.8 Å². The van der Waals surface area contributed by atoms with Crippen molar-refractivity contribution in [3.8, 4) is 0 Å². The third kappa shape index (κ3) is 5.54. The molecule has 0 amide bonds. The first kappa shape index (κ1) is 21.3. The van der Waals surface area contributed by atoms with Crippen LogP contribution in [0.3, 0.4) is 0 Å². The van der Waals surface area contributed by atoms with Crippen LogP contribution < -0.4 is 15.4 Å². The molecule has 0 radical (unpaired) electrons. The third-order valence-electron chi connectivity index (χ3n) is 3.81. The molecule has 29 heavy (non-hydrogen) atoms. The maximum atomic E-state index is 12.4. The molecule has 0 aliphatic heterocycles. The average Bonchev–Trinajstić information content (AvgIpc) is 2.67. The van der Waals surface area contributed by atoms with Crippen molar-refractivity contribution in [1.29, 1.82) is 0 Å². The van der Waals surface area contributed by atoms with E-state index in [1.54, 1.807) is 18.2 Å². The molecule has 0 unspecified atom stereocenters. The van der Waals surface area contributed by atoms with E-state index in [0.717, 1.165) is 11.3 Å². The number of rotatable bonds is 5. The van der Waals surface area contributed by atoms with E-state index in [2.05, 4.69) is 25.6 Å². The smallest absolute Gasteiger partial charge is 0.263 e. The van der Waals surface area contributed by atoms with Crippen molar-refractivity contribution < 1.29 is 8.42 Å². The van der Waals surface area contributed by atoms with Crippen LogP contribution in [0.4, 0.5) is 17.2 Å². The van der Waals surface area contributed by atoms with E-state index in [0.29, 0.717) is 15.8 Å². The second-order valence-corrected chi connectivity index (χ2v) is 8.75. The standard InChI is InChI=1S/C18H15Cl2N5O2S2/c1-11-14(19)3-2-4-15(11)22-18(28)21-12-5-7-13(8-6-12)29(26,27)25-17-10-9-16(20)23-24-17/h2-10H,1H3,(H,24,25)(H2,21,22,28). The summed E-state index contributed by atoms with van der Waals surface area (Å²) in [4.78, 5) is 0.0596. The van der Waals surface area contributed by atoms with Gasteiger partial charge in [-0.1, -0.05) is 29.3 Å². The normalized spacial score (nSPS) is 11.0. The molecule has 3 aromatic rings. The lowest BCUT2D eigenvalue weighted by Gasteiger charge is -2.13. The largest absolute Gasteiger partial charge is 0.332 e. The summed E-state index contributed by atoms with van der Waals surface area (Å²) in [6.45, 7) is 1.88. The van der Waals surface area contributed by atoms with Crippen LogP contribution in [0.2, 0.25) is 10.2 Å². The fourth-order valence-corrected chi connectivity index (χ4v) is 3.81. The third-order valence-corrected chi connectivity index (χ3v) is 6.00. The molecule has 1 heterocycles. The van der Waals surface area contributed by atoms with Gasteiger partial charge in [-0.15, -0.1) is 10.2 Å². The van der Waals surface area contributed by atoms with E-state index in [9.17, 15) is 8.42 Å². The Balaban J connectivity index is 1.67. The molecule has 2 aromatic carbocycles. The Labute approximate surface area is 183 Å². The lowest BCUT2D eigenvalue weighted by atomic mass is 10.2. The van der Waals surface area contributed by atoms with Crippen molar-refractivity contribution in [2.75, 3.05) is 15.4 Å². The van der Waals surface area contributed by atoms with Crippen LogP contribution in [0.5, 0.6) is 0 Å². The van der Waals surface area contributed by atoms with Gasteiger partial charge in [0.05, 0.1) is 4.90 Å². The van der Waals surface area contributed by atoms with Crippen molar-refractivity contribution >= 4 is 67.7 Å². The molecule has 0 aliphatic carbocycles. The molecule has 1 aromatic heterocycles. The molecular formula is C18H15Cl2N5O2S2. The summed E-state index contributed by atoms with van der Waals surface area (Å²) in [6, 6.07) is 14.4. The predicted molar refractivity (Wildman–Crippen MR) is 120 cm³/mol. The molecule has 0 fully saturated rings. The molecule has 0 spiro atoms. The molecule has 3 rings (SSSR count). The van der Waals surface area contributed by atoms with Crippen LogP contribution in [0, 0.1) is 6.92 Å². The van der Waals surface area contributed by atoms with Gasteiger partial charge in [-0.05, 0) is 73.2 Å². The maximum Gasteiger partial charge on any atom is 0.263 e. The number of aromatic nitrogens is 2. The van der Waals surface area contributed by atoms with Crippen LogP contribution in [0.15, 0.2) is 59.5 Å². The summed E-state index contributed by atoms with van der Waals surface area (Å²) in [7, 11) is -3.82. The first-order chi connectivity index (χ1) is 13.7. The fraction of sp³-hybridized carbons (Fsp3) is 0.0556. The molecule has 11 heteroatoms. The lowest BCUT2D eigenvalue weighted by Crippen LogP contribution is -2.20. The number of nitrogens with zero attached hydrogens (tertiary/aromatic N) is 2. The van der Waals surface area contributed by atoms with E-state index in [1.807, 2.05) is 19.1 Å². The lowest BCUT2D eigenvalue weighted by molar-refractivity contribution is 0.601. The molecule has 3 N–H and O–H groups in total. The van der Waals surface area contributed by atoms with Gasteiger partial charge >= 0.3 is 0 Å².